The molecule has 6 heteroatoms. The molecule has 0 saturated heterocycles. The number of aromatic nitrogens is 2. The number of ether oxygens (including phenoxy) is 1. The molecule has 3 rings (SSSR count). The van der Waals surface area contributed by atoms with Crippen LogP contribution in [0.25, 0.3) is 11.4 Å². The molecule has 0 saturated carbocycles. The summed E-state index contributed by atoms with van der Waals surface area (Å²) in [6.45, 7) is 0.728. The van der Waals surface area contributed by atoms with Gasteiger partial charge in [-0.3, -0.25) is 4.79 Å². The zero-order valence-electron chi connectivity index (χ0n) is 11.5. The predicted molar refractivity (Wildman–Crippen MR) is 78.8 cm³/mol. The first kappa shape index (κ1) is 13.9. The quantitative estimate of drug-likeness (QED) is 0.946. The highest BCUT2D eigenvalue weighted by molar-refractivity contribution is 6.30. The first-order valence-corrected chi connectivity index (χ1v) is 7.12. The van der Waals surface area contributed by atoms with Crippen molar-refractivity contribution >= 4 is 17.6 Å². The van der Waals surface area contributed by atoms with E-state index in [0.29, 0.717) is 17.9 Å². The Morgan fingerprint density at radius 3 is 3.05 bits per heavy atom. The number of rotatable bonds is 3. The van der Waals surface area contributed by atoms with Crippen LogP contribution >= 0.6 is 11.6 Å². The second-order valence-corrected chi connectivity index (χ2v) is 5.39. The molecular formula is C15H15ClN2O3. The minimum atomic E-state index is -0.852. The summed E-state index contributed by atoms with van der Waals surface area (Å²) in [5.41, 5.74) is 1.47. The lowest BCUT2D eigenvalue weighted by atomic mass is 9.96. The number of carboxylic acid groups (broad SMARTS) is 1. The summed E-state index contributed by atoms with van der Waals surface area (Å²) in [5, 5.41) is 9.63. The minimum Gasteiger partial charge on any atom is -0.497 e. The van der Waals surface area contributed by atoms with Crippen molar-refractivity contribution in [2.45, 2.75) is 25.3 Å². The van der Waals surface area contributed by atoms with Crippen molar-refractivity contribution in [3.63, 3.8) is 0 Å². The molecule has 1 N–H and O–H groups in total. The summed E-state index contributed by atoms with van der Waals surface area (Å²) < 4.78 is 7.14. The van der Waals surface area contributed by atoms with Crippen LogP contribution in [0.2, 0.25) is 5.15 Å². The van der Waals surface area contributed by atoms with Crippen LogP contribution in [0.1, 0.15) is 24.5 Å². The maximum atomic E-state index is 11.4. The number of halogens is 1. The molecule has 1 aliphatic heterocycles. The summed E-state index contributed by atoms with van der Waals surface area (Å²) >= 11 is 6.20. The van der Waals surface area contributed by atoms with Gasteiger partial charge >= 0.3 is 5.97 Å². The number of carboxylic acids is 1. The minimum absolute atomic E-state index is 0.278. The van der Waals surface area contributed by atoms with Crippen LogP contribution < -0.4 is 4.74 Å². The number of methoxy groups -OCH3 is 1. The van der Waals surface area contributed by atoms with Gasteiger partial charge in [-0.1, -0.05) is 23.7 Å². The van der Waals surface area contributed by atoms with Gasteiger partial charge in [-0.25, -0.2) is 4.98 Å². The fraction of sp³-hybridized carbons (Fsp3) is 0.333. The Balaban J connectivity index is 2.13. The molecule has 1 unspecified atom stereocenters. The molecule has 1 aliphatic rings. The molecule has 110 valence electrons. The average Bonchev–Trinajstić information content (AvgIpc) is 2.84. The Hall–Kier alpha value is -2.01. The van der Waals surface area contributed by atoms with Gasteiger partial charge < -0.3 is 14.4 Å². The van der Waals surface area contributed by atoms with E-state index < -0.39 is 11.9 Å². The van der Waals surface area contributed by atoms with Crippen molar-refractivity contribution in [2.75, 3.05) is 7.11 Å². The first-order valence-electron chi connectivity index (χ1n) is 6.75. The van der Waals surface area contributed by atoms with Gasteiger partial charge in [-0.15, -0.1) is 0 Å². The molecular weight excluding hydrogens is 292 g/mol. The molecule has 5 nitrogen and oxygen atoms in total. The summed E-state index contributed by atoms with van der Waals surface area (Å²) in [4.78, 5) is 15.8. The van der Waals surface area contributed by atoms with Crippen LogP contribution in [-0.2, 0) is 11.3 Å². The molecule has 0 radical (unpaired) electrons. The Labute approximate surface area is 127 Å². The molecule has 0 aliphatic carbocycles. The Bertz CT molecular complexity index is 696. The van der Waals surface area contributed by atoms with Gasteiger partial charge in [-0.2, -0.15) is 0 Å². The molecule has 0 bridgehead atoms. The molecule has 2 aromatic rings. The van der Waals surface area contributed by atoms with E-state index in [0.717, 1.165) is 24.3 Å². The van der Waals surface area contributed by atoms with Gasteiger partial charge in [0, 0.05) is 12.1 Å². The third kappa shape index (κ3) is 2.38. The van der Waals surface area contributed by atoms with E-state index in [2.05, 4.69) is 4.98 Å². The zero-order chi connectivity index (χ0) is 15.0. The van der Waals surface area contributed by atoms with Gasteiger partial charge in [0.15, 0.2) is 5.15 Å². The van der Waals surface area contributed by atoms with Crippen molar-refractivity contribution in [1.29, 1.82) is 0 Å². The van der Waals surface area contributed by atoms with Crippen molar-refractivity contribution < 1.29 is 14.6 Å². The lowest BCUT2D eigenvalue weighted by Gasteiger charge is -2.22. The number of hydrogen-bond donors (Lipinski definition) is 1. The Morgan fingerprint density at radius 2 is 2.33 bits per heavy atom. The van der Waals surface area contributed by atoms with Gasteiger partial charge in [0.05, 0.1) is 12.8 Å². The van der Waals surface area contributed by atoms with Crippen molar-refractivity contribution in [1.82, 2.24) is 9.55 Å². The van der Waals surface area contributed by atoms with Crippen LogP contribution in [0.5, 0.6) is 5.75 Å². The molecule has 2 heterocycles. The zero-order valence-corrected chi connectivity index (χ0v) is 12.3. The van der Waals surface area contributed by atoms with E-state index in [1.165, 1.54) is 0 Å². The van der Waals surface area contributed by atoms with Crippen LogP contribution in [0.4, 0.5) is 0 Å². The summed E-state index contributed by atoms with van der Waals surface area (Å²) in [6.07, 6.45) is 1.39. The number of imidazole rings is 1. The largest absolute Gasteiger partial charge is 0.497 e. The highest BCUT2D eigenvalue weighted by atomic mass is 35.5. The van der Waals surface area contributed by atoms with E-state index in [9.17, 15) is 9.90 Å². The van der Waals surface area contributed by atoms with Gasteiger partial charge in [0.1, 0.15) is 17.5 Å². The maximum Gasteiger partial charge on any atom is 0.312 e. The van der Waals surface area contributed by atoms with E-state index in [-0.39, 0.29) is 5.15 Å². The monoisotopic (exact) mass is 306 g/mol. The number of benzene rings is 1. The standard InChI is InChI=1S/C15H15ClN2O3/c1-21-10-5-2-4-9(8-10)14-17-13(16)12-11(15(19)20)6-3-7-18(12)14/h2,4-5,8,11H,3,6-7H2,1H3,(H,19,20). The molecule has 1 aromatic heterocycles. The number of aliphatic carboxylic acids is 1. The fourth-order valence-corrected chi connectivity index (χ4v) is 3.12. The number of hydrogen-bond acceptors (Lipinski definition) is 3. The lowest BCUT2D eigenvalue weighted by molar-refractivity contribution is -0.139. The molecule has 0 fully saturated rings. The normalized spacial score (nSPS) is 17.3. The third-order valence-electron chi connectivity index (χ3n) is 3.79. The number of nitrogens with zero attached hydrogens (tertiary/aromatic N) is 2. The average molecular weight is 307 g/mol. The summed E-state index contributed by atoms with van der Waals surface area (Å²) in [6, 6.07) is 7.52. The second kappa shape index (κ2) is 5.41. The van der Waals surface area contributed by atoms with Crippen LogP contribution in [-0.4, -0.2) is 27.7 Å². The molecule has 0 amide bonds. The molecule has 1 atom stereocenters. The van der Waals surface area contributed by atoms with E-state index >= 15 is 0 Å². The van der Waals surface area contributed by atoms with Gasteiger partial charge in [0.2, 0.25) is 0 Å². The summed E-state index contributed by atoms with van der Waals surface area (Å²) in [5.74, 6) is -0.0144. The van der Waals surface area contributed by atoms with Crippen LogP contribution in [0, 0.1) is 0 Å². The van der Waals surface area contributed by atoms with Crippen LogP contribution in [0.15, 0.2) is 24.3 Å². The topological polar surface area (TPSA) is 64.4 Å². The molecule has 21 heavy (non-hydrogen) atoms. The highest BCUT2D eigenvalue weighted by Gasteiger charge is 2.32. The molecule has 1 aromatic carbocycles. The predicted octanol–water partition coefficient (Wildman–Crippen LogP) is 3.17. The van der Waals surface area contributed by atoms with Crippen molar-refractivity contribution in [2.24, 2.45) is 0 Å². The van der Waals surface area contributed by atoms with E-state index in [1.807, 2.05) is 28.8 Å². The van der Waals surface area contributed by atoms with Crippen LogP contribution in [0.3, 0.4) is 0 Å². The first-order chi connectivity index (χ1) is 10.1. The maximum absolute atomic E-state index is 11.4. The number of carbonyl (C=O) groups is 1. The van der Waals surface area contributed by atoms with E-state index in [1.54, 1.807) is 7.11 Å². The lowest BCUT2D eigenvalue weighted by Crippen LogP contribution is -2.22. The smallest absolute Gasteiger partial charge is 0.312 e. The molecule has 0 spiro atoms. The van der Waals surface area contributed by atoms with Gasteiger partial charge in [0.25, 0.3) is 0 Å². The third-order valence-corrected chi connectivity index (χ3v) is 4.07. The number of fused-ring (bicyclic) bond motifs is 1. The second-order valence-electron chi connectivity index (χ2n) is 5.03. The Morgan fingerprint density at radius 1 is 1.52 bits per heavy atom. The SMILES string of the molecule is COc1cccc(-c2nc(Cl)c3n2CCCC3C(=O)O)c1. The van der Waals surface area contributed by atoms with E-state index in [4.69, 9.17) is 16.3 Å². The Kier molecular flexibility index (Phi) is 3.59. The fourth-order valence-electron chi connectivity index (χ4n) is 2.81. The highest BCUT2D eigenvalue weighted by Crippen LogP contribution is 2.37. The van der Waals surface area contributed by atoms with Gasteiger partial charge in [-0.05, 0) is 25.0 Å². The summed E-state index contributed by atoms with van der Waals surface area (Å²) in [7, 11) is 1.60. The van der Waals surface area contributed by atoms with Crippen molar-refractivity contribution in [3.05, 3.63) is 35.1 Å². The van der Waals surface area contributed by atoms with Crippen molar-refractivity contribution in [3.8, 4) is 17.1 Å².